The number of carbonyl (C=O) groups excluding carboxylic acids is 2. The van der Waals surface area contributed by atoms with E-state index in [2.05, 4.69) is 5.32 Å². The standard InChI is InChI=1S/C14H15F4NO3/c1-4-22-13(21)14(2,3)12(20)19-6-7-10(17)8(15)5-9(16)11(7)18/h5H,4,6H2,1-3H3,(H,19,20). The zero-order valence-electron chi connectivity index (χ0n) is 12.2. The molecule has 0 saturated carbocycles. The van der Waals surface area contributed by atoms with Crippen LogP contribution in [-0.4, -0.2) is 18.5 Å². The van der Waals surface area contributed by atoms with E-state index in [-0.39, 0.29) is 12.7 Å². The van der Waals surface area contributed by atoms with Gasteiger partial charge in [0.15, 0.2) is 23.3 Å². The highest BCUT2D eigenvalue weighted by atomic mass is 19.2. The maximum absolute atomic E-state index is 13.4. The first kappa shape index (κ1) is 17.9. The van der Waals surface area contributed by atoms with Gasteiger partial charge in [-0.05, 0) is 20.8 Å². The SMILES string of the molecule is CCOC(=O)C(C)(C)C(=O)NCc1c(F)c(F)cc(F)c1F. The summed E-state index contributed by atoms with van der Waals surface area (Å²) in [4.78, 5) is 23.5. The molecule has 0 heterocycles. The van der Waals surface area contributed by atoms with E-state index in [1.54, 1.807) is 6.92 Å². The van der Waals surface area contributed by atoms with E-state index in [0.29, 0.717) is 0 Å². The fraction of sp³-hybridized carbons (Fsp3) is 0.429. The van der Waals surface area contributed by atoms with Crippen LogP contribution in [0.2, 0.25) is 0 Å². The van der Waals surface area contributed by atoms with Gasteiger partial charge in [0.05, 0.1) is 6.61 Å². The van der Waals surface area contributed by atoms with Crippen molar-refractivity contribution in [2.24, 2.45) is 5.41 Å². The number of esters is 1. The maximum Gasteiger partial charge on any atom is 0.321 e. The Morgan fingerprint density at radius 2 is 1.64 bits per heavy atom. The zero-order valence-corrected chi connectivity index (χ0v) is 12.2. The summed E-state index contributed by atoms with van der Waals surface area (Å²) in [6.07, 6.45) is 0. The van der Waals surface area contributed by atoms with Gasteiger partial charge in [0.1, 0.15) is 5.41 Å². The van der Waals surface area contributed by atoms with Gasteiger partial charge in [-0.25, -0.2) is 17.6 Å². The molecule has 8 heteroatoms. The molecule has 1 rings (SSSR count). The summed E-state index contributed by atoms with van der Waals surface area (Å²) >= 11 is 0. The van der Waals surface area contributed by atoms with Crippen LogP contribution in [0.4, 0.5) is 17.6 Å². The average molecular weight is 321 g/mol. The summed E-state index contributed by atoms with van der Waals surface area (Å²) in [6, 6.07) is 0.0680. The summed E-state index contributed by atoms with van der Waals surface area (Å²) in [7, 11) is 0. The molecule has 0 aliphatic heterocycles. The Kier molecular flexibility index (Phi) is 5.51. The topological polar surface area (TPSA) is 55.4 Å². The second-order valence-electron chi connectivity index (χ2n) is 4.97. The van der Waals surface area contributed by atoms with Crippen LogP contribution in [0.25, 0.3) is 0 Å². The second kappa shape index (κ2) is 6.76. The van der Waals surface area contributed by atoms with Crippen LogP contribution >= 0.6 is 0 Å². The van der Waals surface area contributed by atoms with Gasteiger partial charge in [-0.1, -0.05) is 0 Å². The number of halogens is 4. The Bertz CT molecular complexity index is 576. The van der Waals surface area contributed by atoms with Gasteiger partial charge in [0.2, 0.25) is 5.91 Å². The Morgan fingerprint density at radius 3 is 2.09 bits per heavy atom. The molecule has 0 spiro atoms. The largest absolute Gasteiger partial charge is 0.465 e. The van der Waals surface area contributed by atoms with Crippen LogP contribution in [0.3, 0.4) is 0 Å². The monoisotopic (exact) mass is 321 g/mol. The van der Waals surface area contributed by atoms with Crippen LogP contribution in [0.1, 0.15) is 26.3 Å². The van der Waals surface area contributed by atoms with Crippen molar-refractivity contribution in [2.45, 2.75) is 27.3 Å². The van der Waals surface area contributed by atoms with E-state index in [4.69, 9.17) is 4.74 Å². The smallest absolute Gasteiger partial charge is 0.321 e. The molecule has 22 heavy (non-hydrogen) atoms. The third-order valence-electron chi connectivity index (χ3n) is 2.98. The Morgan fingerprint density at radius 1 is 1.14 bits per heavy atom. The molecule has 0 aromatic heterocycles. The van der Waals surface area contributed by atoms with Crippen LogP contribution in [-0.2, 0) is 20.9 Å². The first-order valence-electron chi connectivity index (χ1n) is 6.40. The summed E-state index contributed by atoms with van der Waals surface area (Å²) in [5.74, 6) is -8.09. The van der Waals surface area contributed by atoms with Crippen LogP contribution in [0, 0.1) is 28.7 Å². The number of hydrogen-bond acceptors (Lipinski definition) is 3. The van der Waals surface area contributed by atoms with Crippen molar-refractivity contribution in [2.75, 3.05) is 6.61 Å². The van der Waals surface area contributed by atoms with E-state index in [1.165, 1.54) is 13.8 Å². The summed E-state index contributed by atoms with van der Waals surface area (Å²) in [5.41, 5.74) is -2.58. The lowest BCUT2D eigenvalue weighted by Gasteiger charge is -2.21. The van der Waals surface area contributed by atoms with Crippen molar-refractivity contribution in [1.29, 1.82) is 0 Å². The first-order chi connectivity index (χ1) is 10.1. The predicted molar refractivity (Wildman–Crippen MR) is 68.5 cm³/mol. The zero-order chi connectivity index (χ0) is 17.1. The van der Waals surface area contributed by atoms with Crippen LogP contribution < -0.4 is 5.32 Å². The quantitative estimate of drug-likeness (QED) is 0.392. The van der Waals surface area contributed by atoms with Gasteiger partial charge in [-0.2, -0.15) is 0 Å². The Balaban J connectivity index is 2.91. The summed E-state index contributed by atoms with van der Waals surface area (Å²) < 4.78 is 57.7. The number of ether oxygens (including phenoxy) is 1. The van der Waals surface area contributed by atoms with Crippen molar-refractivity contribution in [3.8, 4) is 0 Å². The van der Waals surface area contributed by atoms with E-state index in [1.807, 2.05) is 0 Å². The van der Waals surface area contributed by atoms with E-state index in [9.17, 15) is 27.2 Å². The normalized spacial score (nSPS) is 11.2. The lowest BCUT2D eigenvalue weighted by atomic mass is 9.92. The fourth-order valence-electron chi connectivity index (χ4n) is 1.57. The molecule has 0 radical (unpaired) electrons. The number of nitrogens with one attached hydrogen (secondary N) is 1. The molecule has 0 bridgehead atoms. The molecular formula is C14H15F4NO3. The number of benzene rings is 1. The van der Waals surface area contributed by atoms with Crippen molar-refractivity contribution in [3.05, 3.63) is 34.9 Å². The molecule has 1 aromatic carbocycles. The minimum Gasteiger partial charge on any atom is -0.465 e. The third kappa shape index (κ3) is 3.55. The number of hydrogen-bond donors (Lipinski definition) is 1. The van der Waals surface area contributed by atoms with Crippen molar-refractivity contribution >= 4 is 11.9 Å². The Labute approximate surface area is 124 Å². The van der Waals surface area contributed by atoms with Gasteiger partial charge in [0.25, 0.3) is 0 Å². The molecule has 0 atom stereocenters. The molecule has 1 N–H and O–H groups in total. The lowest BCUT2D eigenvalue weighted by Crippen LogP contribution is -2.43. The van der Waals surface area contributed by atoms with Crippen LogP contribution in [0.15, 0.2) is 6.07 Å². The molecule has 0 aliphatic carbocycles. The summed E-state index contributed by atoms with van der Waals surface area (Å²) in [5, 5.41) is 2.06. The van der Waals surface area contributed by atoms with Gasteiger partial charge in [-0.15, -0.1) is 0 Å². The highest BCUT2D eigenvalue weighted by Gasteiger charge is 2.37. The number of amides is 1. The van der Waals surface area contributed by atoms with Gasteiger partial charge < -0.3 is 10.1 Å². The molecule has 0 unspecified atom stereocenters. The van der Waals surface area contributed by atoms with Crippen molar-refractivity contribution in [3.63, 3.8) is 0 Å². The van der Waals surface area contributed by atoms with E-state index in [0.717, 1.165) is 0 Å². The highest BCUT2D eigenvalue weighted by Crippen LogP contribution is 2.21. The van der Waals surface area contributed by atoms with Gasteiger partial charge in [0, 0.05) is 18.2 Å². The molecule has 0 saturated heterocycles. The number of carbonyl (C=O) groups is 2. The molecule has 1 amide bonds. The van der Waals surface area contributed by atoms with Gasteiger partial charge in [-0.3, -0.25) is 9.59 Å². The predicted octanol–water partition coefficient (Wildman–Crippen LogP) is 2.45. The molecular weight excluding hydrogens is 306 g/mol. The lowest BCUT2D eigenvalue weighted by molar-refractivity contribution is -0.158. The van der Waals surface area contributed by atoms with E-state index < -0.39 is 52.7 Å². The molecule has 122 valence electrons. The van der Waals surface area contributed by atoms with Crippen LogP contribution in [0.5, 0.6) is 0 Å². The second-order valence-corrected chi connectivity index (χ2v) is 4.97. The maximum atomic E-state index is 13.4. The molecule has 1 aromatic rings. The first-order valence-corrected chi connectivity index (χ1v) is 6.40. The average Bonchev–Trinajstić information content (AvgIpc) is 2.45. The minimum absolute atomic E-state index is 0.0495. The highest BCUT2D eigenvalue weighted by molar-refractivity contribution is 6.01. The van der Waals surface area contributed by atoms with Crippen molar-refractivity contribution in [1.82, 2.24) is 5.32 Å². The molecule has 4 nitrogen and oxygen atoms in total. The number of rotatable bonds is 5. The fourth-order valence-corrected chi connectivity index (χ4v) is 1.57. The third-order valence-corrected chi connectivity index (χ3v) is 2.98. The van der Waals surface area contributed by atoms with Gasteiger partial charge >= 0.3 is 5.97 Å². The summed E-state index contributed by atoms with van der Waals surface area (Å²) in [6.45, 7) is 3.28. The van der Waals surface area contributed by atoms with E-state index >= 15 is 0 Å². The molecule has 0 aliphatic rings. The minimum atomic E-state index is -1.62. The molecule has 0 fully saturated rings. The van der Waals surface area contributed by atoms with Crippen molar-refractivity contribution < 1.29 is 31.9 Å². The Hall–Kier alpha value is -2.12.